The Morgan fingerprint density at radius 3 is 2.60 bits per heavy atom. The SMILES string of the molecule is CNC(=O)C1CCCN1C(=O)CNC(=O)c1cn(C)nc1C(C)(C)C. The second-order valence-corrected chi connectivity index (χ2v) is 7.36. The van der Waals surface area contributed by atoms with Crippen LogP contribution in [0.3, 0.4) is 0 Å². The zero-order chi connectivity index (χ0) is 18.8. The van der Waals surface area contributed by atoms with Crippen molar-refractivity contribution < 1.29 is 14.4 Å². The van der Waals surface area contributed by atoms with Crippen LogP contribution in [0.1, 0.15) is 49.7 Å². The number of amides is 3. The number of aromatic nitrogens is 2. The molecule has 0 aromatic carbocycles. The number of nitrogens with one attached hydrogen (secondary N) is 2. The number of aryl methyl sites for hydroxylation is 1. The van der Waals surface area contributed by atoms with Gasteiger partial charge >= 0.3 is 0 Å². The first-order chi connectivity index (χ1) is 11.6. The van der Waals surface area contributed by atoms with Gasteiger partial charge in [0.05, 0.1) is 17.8 Å². The van der Waals surface area contributed by atoms with Crippen LogP contribution in [0.4, 0.5) is 0 Å². The highest BCUT2D eigenvalue weighted by molar-refractivity contribution is 5.98. The van der Waals surface area contributed by atoms with Crippen LogP contribution in [0, 0.1) is 0 Å². The Labute approximate surface area is 147 Å². The highest BCUT2D eigenvalue weighted by atomic mass is 16.2. The lowest BCUT2D eigenvalue weighted by Gasteiger charge is -2.23. The van der Waals surface area contributed by atoms with Crippen molar-refractivity contribution in [2.75, 3.05) is 20.1 Å². The van der Waals surface area contributed by atoms with Crippen LogP contribution < -0.4 is 10.6 Å². The number of carbonyl (C=O) groups is 3. The summed E-state index contributed by atoms with van der Waals surface area (Å²) < 4.78 is 1.60. The van der Waals surface area contributed by atoms with Crippen LogP contribution in [-0.4, -0.2) is 58.6 Å². The molecule has 1 atom stereocenters. The molecule has 25 heavy (non-hydrogen) atoms. The van der Waals surface area contributed by atoms with E-state index in [0.717, 1.165) is 6.42 Å². The molecule has 1 saturated heterocycles. The van der Waals surface area contributed by atoms with E-state index in [1.807, 2.05) is 20.8 Å². The molecule has 1 aromatic rings. The maximum atomic E-state index is 12.5. The first-order valence-electron chi connectivity index (χ1n) is 8.48. The largest absolute Gasteiger partial charge is 0.357 e. The number of rotatable bonds is 4. The predicted molar refractivity (Wildman–Crippen MR) is 93.0 cm³/mol. The molecule has 138 valence electrons. The van der Waals surface area contributed by atoms with Gasteiger partial charge in [-0.2, -0.15) is 5.10 Å². The second kappa shape index (κ2) is 7.25. The maximum absolute atomic E-state index is 12.5. The molecule has 0 aliphatic carbocycles. The minimum absolute atomic E-state index is 0.134. The third-order valence-corrected chi connectivity index (χ3v) is 4.31. The Balaban J connectivity index is 2.03. The fraction of sp³-hybridized carbons (Fsp3) is 0.647. The lowest BCUT2D eigenvalue weighted by atomic mass is 9.89. The molecule has 2 rings (SSSR count). The average Bonchev–Trinajstić information content (AvgIpc) is 3.17. The van der Waals surface area contributed by atoms with Gasteiger partial charge in [0.1, 0.15) is 6.04 Å². The molecule has 1 aromatic heterocycles. The molecular weight excluding hydrogens is 322 g/mol. The van der Waals surface area contributed by atoms with Crippen molar-refractivity contribution in [1.82, 2.24) is 25.3 Å². The van der Waals surface area contributed by atoms with E-state index in [0.29, 0.717) is 24.2 Å². The van der Waals surface area contributed by atoms with Crippen molar-refractivity contribution in [3.8, 4) is 0 Å². The van der Waals surface area contributed by atoms with Gasteiger partial charge in [-0.3, -0.25) is 19.1 Å². The topological polar surface area (TPSA) is 96.3 Å². The highest BCUT2D eigenvalue weighted by Crippen LogP contribution is 2.24. The van der Waals surface area contributed by atoms with E-state index in [1.165, 1.54) is 4.90 Å². The Bertz CT molecular complexity index is 674. The molecule has 1 aliphatic heterocycles. The lowest BCUT2D eigenvalue weighted by molar-refractivity contribution is -0.137. The number of hydrogen-bond donors (Lipinski definition) is 2. The Hall–Kier alpha value is -2.38. The van der Waals surface area contributed by atoms with Gasteiger partial charge in [-0.15, -0.1) is 0 Å². The van der Waals surface area contributed by atoms with Crippen LogP contribution in [0.25, 0.3) is 0 Å². The van der Waals surface area contributed by atoms with Crippen LogP contribution in [-0.2, 0) is 22.1 Å². The summed E-state index contributed by atoms with van der Waals surface area (Å²) in [5.41, 5.74) is 0.869. The van der Waals surface area contributed by atoms with Gasteiger partial charge in [0.2, 0.25) is 11.8 Å². The summed E-state index contributed by atoms with van der Waals surface area (Å²) in [5.74, 6) is -0.748. The fourth-order valence-corrected chi connectivity index (χ4v) is 3.07. The molecule has 8 nitrogen and oxygen atoms in total. The number of likely N-dealkylation sites (tertiary alicyclic amines) is 1. The molecule has 1 unspecified atom stereocenters. The third-order valence-electron chi connectivity index (χ3n) is 4.31. The summed E-state index contributed by atoms with van der Waals surface area (Å²) in [4.78, 5) is 38.3. The molecule has 0 spiro atoms. The standard InChI is InChI=1S/C17H27N5O3/c1-17(2,3)14-11(10-21(5)20-14)15(24)19-9-13(23)22-8-6-7-12(22)16(25)18-4/h10,12H,6-9H2,1-5H3,(H,18,25)(H,19,24). The minimum atomic E-state index is -0.446. The van der Waals surface area contributed by atoms with Gasteiger partial charge in [0.15, 0.2) is 0 Å². The van der Waals surface area contributed by atoms with Gasteiger partial charge in [0.25, 0.3) is 5.91 Å². The van der Waals surface area contributed by atoms with Crippen molar-refractivity contribution in [2.24, 2.45) is 7.05 Å². The Morgan fingerprint density at radius 2 is 2.00 bits per heavy atom. The molecule has 1 fully saturated rings. The van der Waals surface area contributed by atoms with Gasteiger partial charge < -0.3 is 15.5 Å². The van der Waals surface area contributed by atoms with Crippen molar-refractivity contribution in [3.63, 3.8) is 0 Å². The summed E-state index contributed by atoms with van der Waals surface area (Å²) >= 11 is 0. The van der Waals surface area contributed by atoms with E-state index in [1.54, 1.807) is 25.0 Å². The van der Waals surface area contributed by atoms with E-state index in [9.17, 15) is 14.4 Å². The van der Waals surface area contributed by atoms with Gasteiger partial charge in [-0.05, 0) is 12.8 Å². The van der Waals surface area contributed by atoms with Crippen molar-refractivity contribution in [3.05, 3.63) is 17.5 Å². The molecule has 0 radical (unpaired) electrons. The van der Waals surface area contributed by atoms with Gasteiger partial charge in [-0.1, -0.05) is 20.8 Å². The minimum Gasteiger partial charge on any atom is -0.357 e. The van der Waals surface area contributed by atoms with Gasteiger partial charge in [0, 0.05) is 32.3 Å². The van der Waals surface area contributed by atoms with Crippen molar-refractivity contribution >= 4 is 17.7 Å². The van der Waals surface area contributed by atoms with Crippen LogP contribution in [0.5, 0.6) is 0 Å². The summed E-state index contributed by atoms with van der Waals surface area (Å²) in [7, 11) is 3.32. The van der Waals surface area contributed by atoms with Crippen LogP contribution in [0.15, 0.2) is 6.20 Å². The molecule has 2 N–H and O–H groups in total. The molecule has 0 saturated carbocycles. The highest BCUT2D eigenvalue weighted by Gasteiger charge is 2.33. The van der Waals surface area contributed by atoms with Gasteiger partial charge in [-0.25, -0.2) is 0 Å². The molecule has 1 aliphatic rings. The van der Waals surface area contributed by atoms with Crippen molar-refractivity contribution in [1.29, 1.82) is 0 Å². The normalized spacial score (nSPS) is 17.5. The van der Waals surface area contributed by atoms with E-state index in [4.69, 9.17) is 0 Å². The number of hydrogen-bond acceptors (Lipinski definition) is 4. The van der Waals surface area contributed by atoms with E-state index < -0.39 is 6.04 Å². The quantitative estimate of drug-likeness (QED) is 0.811. The van der Waals surface area contributed by atoms with Crippen molar-refractivity contribution in [2.45, 2.75) is 45.1 Å². The number of nitrogens with zero attached hydrogens (tertiary/aromatic N) is 3. The molecular formula is C17H27N5O3. The van der Waals surface area contributed by atoms with Crippen LogP contribution in [0.2, 0.25) is 0 Å². The first kappa shape index (κ1) is 19.0. The number of likely N-dealkylation sites (N-methyl/N-ethyl adjacent to an activating group) is 1. The third kappa shape index (κ3) is 4.18. The Kier molecular flexibility index (Phi) is 5.49. The zero-order valence-electron chi connectivity index (χ0n) is 15.5. The molecule has 2 heterocycles. The average molecular weight is 349 g/mol. The summed E-state index contributed by atoms with van der Waals surface area (Å²) in [6.07, 6.45) is 3.09. The monoisotopic (exact) mass is 349 g/mol. The summed E-state index contributed by atoms with van der Waals surface area (Å²) in [6.45, 7) is 6.35. The first-order valence-corrected chi connectivity index (χ1v) is 8.48. The predicted octanol–water partition coefficient (Wildman–Crippen LogP) is 0.184. The fourth-order valence-electron chi connectivity index (χ4n) is 3.07. The summed E-state index contributed by atoms with van der Waals surface area (Å²) in [5, 5.41) is 9.60. The number of carbonyl (C=O) groups excluding carboxylic acids is 3. The zero-order valence-corrected chi connectivity index (χ0v) is 15.5. The molecule has 0 bridgehead atoms. The lowest BCUT2D eigenvalue weighted by Crippen LogP contribution is -2.48. The second-order valence-electron chi connectivity index (χ2n) is 7.36. The van der Waals surface area contributed by atoms with Crippen LogP contribution >= 0.6 is 0 Å². The van der Waals surface area contributed by atoms with E-state index in [-0.39, 0.29) is 29.7 Å². The maximum Gasteiger partial charge on any atom is 0.255 e. The molecule has 8 heteroatoms. The Morgan fingerprint density at radius 1 is 1.32 bits per heavy atom. The van der Waals surface area contributed by atoms with E-state index >= 15 is 0 Å². The summed E-state index contributed by atoms with van der Waals surface area (Å²) in [6, 6.07) is -0.446. The molecule has 3 amide bonds. The van der Waals surface area contributed by atoms with E-state index in [2.05, 4.69) is 15.7 Å². The smallest absolute Gasteiger partial charge is 0.255 e.